The maximum Gasteiger partial charge on any atom is 0.160 e. The predicted molar refractivity (Wildman–Crippen MR) is 50.3 cm³/mol. The number of allylic oxidation sites excluding steroid dienone is 1. The highest BCUT2D eigenvalue weighted by atomic mass is 35.5. The first-order valence-corrected chi connectivity index (χ1v) is 4.89. The van der Waals surface area contributed by atoms with Crippen LogP contribution in [0.2, 0.25) is 0 Å². The van der Waals surface area contributed by atoms with Crippen LogP contribution >= 0.6 is 11.6 Å². The highest BCUT2D eigenvalue weighted by molar-refractivity contribution is 6.17. The summed E-state index contributed by atoms with van der Waals surface area (Å²) >= 11 is 5.50. The standard InChI is InChI=1S/C9H14ClNO/c10-5-2-6-11-7-8-3-1-4-9(8)12/h7,11H,1-6H2/b8-7-. The molecule has 0 aromatic rings. The Morgan fingerprint density at radius 3 is 2.92 bits per heavy atom. The number of nitrogens with one attached hydrogen (secondary N) is 1. The second-order valence-corrected chi connectivity index (χ2v) is 3.32. The zero-order chi connectivity index (χ0) is 8.81. The Morgan fingerprint density at radius 1 is 1.50 bits per heavy atom. The second kappa shape index (κ2) is 5.20. The molecule has 0 amide bonds. The van der Waals surface area contributed by atoms with Crippen LogP contribution in [0, 0.1) is 0 Å². The fourth-order valence-electron chi connectivity index (χ4n) is 1.26. The molecule has 1 rings (SSSR count). The van der Waals surface area contributed by atoms with Crippen LogP contribution in [0.3, 0.4) is 0 Å². The van der Waals surface area contributed by atoms with Crippen LogP contribution < -0.4 is 5.32 Å². The molecule has 0 unspecified atom stereocenters. The van der Waals surface area contributed by atoms with E-state index >= 15 is 0 Å². The van der Waals surface area contributed by atoms with E-state index in [1.54, 1.807) is 0 Å². The summed E-state index contributed by atoms with van der Waals surface area (Å²) in [6, 6.07) is 0. The van der Waals surface area contributed by atoms with Gasteiger partial charge in [0.1, 0.15) is 0 Å². The predicted octanol–water partition coefficient (Wildman–Crippen LogP) is 1.84. The Hall–Kier alpha value is -0.500. The lowest BCUT2D eigenvalue weighted by atomic mass is 10.2. The van der Waals surface area contributed by atoms with Crippen molar-refractivity contribution in [2.24, 2.45) is 0 Å². The molecule has 1 saturated carbocycles. The summed E-state index contributed by atoms with van der Waals surface area (Å²) in [7, 11) is 0. The highest BCUT2D eigenvalue weighted by Crippen LogP contribution is 2.18. The summed E-state index contributed by atoms with van der Waals surface area (Å²) in [6.45, 7) is 0.861. The molecule has 0 aromatic carbocycles. The van der Waals surface area contributed by atoms with Crippen LogP contribution in [0.5, 0.6) is 0 Å². The number of hydrogen-bond acceptors (Lipinski definition) is 2. The number of carbonyl (C=O) groups is 1. The van der Waals surface area contributed by atoms with E-state index in [1.165, 1.54) is 0 Å². The number of ketones is 1. The minimum absolute atomic E-state index is 0.299. The lowest BCUT2D eigenvalue weighted by Crippen LogP contribution is -2.09. The number of rotatable bonds is 4. The zero-order valence-electron chi connectivity index (χ0n) is 7.11. The minimum Gasteiger partial charge on any atom is -0.391 e. The van der Waals surface area contributed by atoms with Crippen molar-refractivity contribution in [1.29, 1.82) is 0 Å². The Bertz CT molecular complexity index is 189. The second-order valence-electron chi connectivity index (χ2n) is 2.94. The lowest BCUT2D eigenvalue weighted by molar-refractivity contribution is -0.114. The van der Waals surface area contributed by atoms with Crippen molar-refractivity contribution in [3.05, 3.63) is 11.8 Å². The normalized spacial score (nSPS) is 20.4. The molecule has 2 nitrogen and oxygen atoms in total. The van der Waals surface area contributed by atoms with Gasteiger partial charge in [-0.2, -0.15) is 0 Å². The van der Waals surface area contributed by atoms with Crippen LogP contribution in [0.15, 0.2) is 11.8 Å². The van der Waals surface area contributed by atoms with Crippen molar-refractivity contribution < 1.29 is 4.79 Å². The molecule has 0 heterocycles. The van der Waals surface area contributed by atoms with Gasteiger partial charge < -0.3 is 5.32 Å². The largest absolute Gasteiger partial charge is 0.391 e. The number of Topliss-reactive ketones (excluding diaryl/α,β-unsaturated/α-hetero) is 1. The van der Waals surface area contributed by atoms with Crippen molar-refractivity contribution in [2.45, 2.75) is 25.7 Å². The monoisotopic (exact) mass is 187 g/mol. The van der Waals surface area contributed by atoms with Gasteiger partial charge in [0.05, 0.1) is 0 Å². The molecule has 1 aliphatic rings. The first kappa shape index (κ1) is 9.59. The first-order valence-electron chi connectivity index (χ1n) is 4.36. The molecule has 1 N–H and O–H groups in total. The van der Waals surface area contributed by atoms with E-state index in [4.69, 9.17) is 11.6 Å². The lowest BCUT2D eigenvalue weighted by Gasteiger charge is -1.98. The summed E-state index contributed by atoms with van der Waals surface area (Å²) in [5, 5.41) is 3.09. The average Bonchev–Trinajstić information content (AvgIpc) is 2.46. The summed E-state index contributed by atoms with van der Waals surface area (Å²) < 4.78 is 0. The Labute approximate surface area is 78.0 Å². The maximum absolute atomic E-state index is 11.1. The van der Waals surface area contributed by atoms with Crippen LogP contribution in [-0.4, -0.2) is 18.2 Å². The van der Waals surface area contributed by atoms with Crippen LogP contribution in [0.4, 0.5) is 0 Å². The molecule has 0 bridgehead atoms. The van der Waals surface area contributed by atoms with Crippen LogP contribution in [0.1, 0.15) is 25.7 Å². The quantitative estimate of drug-likeness (QED) is 0.414. The molecule has 0 saturated heterocycles. The third-order valence-corrected chi connectivity index (χ3v) is 2.21. The van der Waals surface area contributed by atoms with Crippen molar-refractivity contribution in [1.82, 2.24) is 5.32 Å². The summed E-state index contributed by atoms with van der Waals surface area (Å²) in [6.07, 6.45) is 5.47. The minimum atomic E-state index is 0.299. The van der Waals surface area contributed by atoms with Crippen molar-refractivity contribution >= 4 is 17.4 Å². The van der Waals surface area contributed by atoms with Gasteiger partial charge in [0.15, 0.2) is 5.78 Å². The van der Waals surface area contributed by atoms with E-state index < -0.39 is 0 Å². The van der Waals surface area contributed by atoms with Crippen molar-refractivity contribution in [2.75, 3.05) is 12.4 Å². The first-order chi connectivity index (χ1) is 5.84. The third-order valence-electron chi connectivity index (χ3n) is 1.94. The average molecular weight is 188 g/mol. The van der Waals surface area contributed by atoms with E-state index in [9.17, 15) is 4.79 Å². The van der Waals surface area contributed by atoms with Crippen LogP contribution in [-0.2, 0) is 4.79 Å². The molecule has 68 valence electrons. The number of halogens is 1. The van der Waals surface area contributed by atoms with Gasteiger partial charge in [-0.15, -0.1) is 11.6 Å². The SMILES string of the molecule is O=C1CCC/C1=C/NCCCCl. The number of hydrogen-bond donors (Lipinski definition) is 1. The van der Waals surface area contributed by atoms with Crippen LogP contribution in [0.25, 0.3) is 0 Å². The maximum atomic E-state index is 11.1. The summed E-state index contributed by atoms with van der Waals surface area (Å²) in [5.41, 5.74) is 0.949. The molecule has 0 atom stereocenters. The van der Waals surface area contributed by atoms with E-state index in [-0.39, 0.29) is 0 Å². The van der Waals surface area contributed by atoms with E-state index in [0.717, 1.165) is 37.8 Å². The highest BCUT2D eigenvalue weighted by Gasteiger charge is 2.15. The molecule has 3 heteroatoms. The molecular weight excluding hydrogens is 174 g/mol. The Kier molecular flexibility index (Phi) is 4.15. The van der Waals surface area contributed by atoms with Gasteiger partial charge in [0.25, 0.3) is 0 Å². The molecule has 0 radical (unpaired) electrons. The van der Waals surface area contributed by atoms with Gasteiger partial charge in [-0.05, 0) is 19.3 Å². The number of alkyl halides is 1. The fraction of sp³-hybridized carbons (Fsp3) is 0.667. The van der Waals surface area contributed by atoms with Gasteiger partial charge >= 0.3 is 0 Å². The van der Waals surface area contributed by atoms with E-state index in [2.05, 4.69) is 5.32 Å². The Balaban J connectivity index is 2.22. The Morgan fingerprint density at radius 2 is 2.33 bits per heavy atom. The summed E-state index contributed by atoms with van der Waals surface area (Å²) in [5.74, 6) is 0.970. The fourth-order valence-corrected chi connectivity index (χ4v) is 1.39. The molecule has 12 heavy (non-hydrogen) atoms. The van der Waals surface area contributed by atoms with E-state index in [0.29, 0.717) is 11.7 Å². The number of carbonyl (C=O) groups excluding carboxylic acids is 1. The van der Waals surface area contributed by atoms with Gasteiger partial charge in [-0.3, -0.25) is 4.79 Å². The van der Waals surface area contributed by atoms with Crippen molar-refractivity contribution in [3.63, 3.8) is 0 Å². The summed E-state index contributed by atoms with van der Waals surface area (Å²) in [4.78, 5) is 11.1. The zero-order valence-corrected chi connectivity index (χ0v) is 7.86. The van der Waals surface area contributed by atoms with Crippen molar-refractivity contribution in [3.8, 4) is 0 Å². The molecule has 0 aromatic heterocycles. The third kappa shape index (κ3) is 2.86. The molecule has 0 spiro atoms. The van der Waals surface area contributed by atoms with Gasteiger partial charge in [0.2, 0.25) is 0 Å². The van der Waals surface area contributed by atoms with E-state index in [1.807, 2.05) is 6.20 Å². The molecule has 0 aliphatic heterocycles. The van der Waals surface area contributed by atoms with Gasteiger partial charge in [-0.1, -0.05) is 0 Å². The topological polar surface area (TPSA) is 29.1 Å². The van der Waals surface area contributed by atoms with Gasteiger partial charge in [0, 0.05) is 30.6 Å². The smallest absolute Gasteiger partial charge is 0.160 e. The van der Waals surface area contributed by atoms with Gasteiger partial charge in [-0.25, -0.2) is 0 Å². The molecule has 1 aliphatic carbocycles. The molecular formula is C9H14ClNO. The molecule has 1 fully saturated rings.